The molecule has 0 aromatic rings. The number of nitrogens with one attached hydrogen (secondary N) is 1. The maximum Gasteiger partial charge on any atom is 0.403 e. The Balaban J connectivity index is 1.84. The van der Waals surface area contributed by atoms with Gasteiger partial charge in [0.15, 0.2) is 6.29 Å². The summed E-state index contributed by atoms with van der Waals surface area (Å²) in [5.41, 5.74) is 0. The number of rotatable bonds is 32. The molecule has 0 amide bonds. The largest absolute Gasteiger partial charge is 0.403 e. The van der Waals surface area contributed by atoms with Crippen molar-refractivity contribution in [2.45, 2.75) is 253 Å². The van der Waals surface area contributed by atoms with Crippen molar-refractivity contribution in [2.75, 3.05) is 13.2 Å². The van der Waals surface area contributed by atoms with E-state index in [9.17, 15) is 43.8 Å². The van der Waals surface area contributed by atoms with Crippen LogP contribution in [0, 0.1) is 0 Å². The standard InChI is InChI=1S/C42H82F3NO8Si/c1-3-4-5-6-7-8-9-10-11-14-17-21-26-34(48)37(49)33(32-53-41-40(52)39(51)38(50)35(31-47)54-41)46-36(42(43,44)45)27-22-18-15-12-13-16-19-23-28-55(2)29-24-20-25-30-55/h33-41,46-52H,3-32H2,1-2H3/t33-,34+,35?,36-,37-,38?,39?,40?,41?/m0/s1. The van der Waals surface area contributed by atoms with Crippen molar-refractivity contribution < 1.29 is 53.3 Å². The van der Waals surface area contributed by atoms with Gasteiger partial charge in [0.2, 0.25) is 0 Å². The molecule has 0 aromatic heterocycles. The van der Waals surface area contributed by atoms with Crippen LogP contribution in [0.2, 0.25) is 24.7 Å². The summed E-state index contributed by atoms with van der Waals surface area (Å²) in [5.74, 6) is 0. The molecule has 7 N–H and O–H groups in total. The van der Waals surface area contributed by atoms with Crippen LogP contribution in [0.5, 0.6) is 0 Å². The molecule has 55 heavy (non-hydrogen) atoms. The fraction of sp³-hybridized carbons (Fsp3) is 1.00. The van der Waals surface area contributed by atoms with Crippen molar-refractivity contribution in [3.8, 4) is 0 Å². The van der Waals surface area contributed by atoms with Crippen molar-refractivity contribution in [3.63, 3.8) is 0 Å². The normalized spacial score (nSPS) is 25.5. The zero-order valence-corrected chi connectivity index (χ0v) is 35.5. The smallest absolute Gasteiger partial charge is 0.394 e. The van der Waals surface area contributed by atoms with Gasteiger partial charge >= 0.3 is 6.18 Å². The molecule has 0 spiro atoms. The Morgan fingerprint density at radius 3 is 1.69 bits per heavy atom. The van der Waals surface area contributed by atoms with Crippen LogP contribution in [0.1, 0.15) is 167 Å². The fourth-order valence-electron chi connectivity index (χ4n) is 8.50. The molecule has 5 unspecified atom stereocenters. The van der Waals surface area contributed by atoms with E-state index in [0.717, 1.165) is 44.9 Å². The quantitative estimate of drug-likeness (QED) is 0.0263. The van der Waals surface area contributed by atoms with E-state index in [0.29, 0.717) is 19.3 Å². The Hall–Kier alpha value is -0.353. The molecule has 2 fully saturated rings. The van der Waals surface area contributed by atoms with Crippen molar-refractivity contribution >= 4 is 8.07 Å². The van der Waals surface area contributed by atoms with Crippen molar-refractivity contribution in [2.24, 2.45) is 0 Å². The van der Waals surface area contributed by atoms with Crippen LogP contribution in [0.4, 0.5) is 13.2 Å². The van der Waals surface area contributed by atoms with Crippen LogP contribution in [0.25, 0.3) is 0 Å². The van der Waals surface area contributed by atoms with Gasteiger partial charge in [-0.25, -0.2) is 0 Å². The summed E-state index contributed by atoms with van der Waals surface area (Å²) in [6, 6.07) is 1.04. The molecule has 9 nitrogen and oxygen atoms in total. The van der Waals surface area contributed by atoms with E-state index in [-0.39, 0.29) is 12.8 Å². The Kier molecular flexibility index (Phi) is 26.7. The minimum absolute atomic E-state index is 0.203. The van der Waals surface area contributed by atoms with Gasteiger partial charge in [-0.3, -0.25) is 5.32 Å². The van der Waals surface area contributed by atoms with Gasteiger partial charge in [-0.1, -0.05) is 179 Å². The summed E-state index contributed by atoms with van der Waals surface area (Å²) >= 11 is 0. The number of aliphatic hydroxyl groups excluding tert-OH is 6. The van der Waals surface area contributed by atoms with Crippen molar-refractivity contribution in [1.29, 1.82) is 0 Å². The fourth-order valence-corrected chi connectivity index (χ4v) is 12.6. The highest BCUT2D eigenvalue weighted by atomic mass is 28.3. The third-order valence-electron chi connectivity index (χ3n) is 12.3. The second-order valence-corrected chi connectivity index (χ2v) is 22.5. The third-order valence-corrected chi connectivity index (χ3v) is 17.0. The molecule has 2 saturated heterocycles. The lowest BCUT2D eigenvalue weighted by molar-refractivity contribution is -0.303. The third kappa shape index (κ3) is 20.9. The summed E-state index contributed by atoms with van der Waals surface area (Å²) in [7, 11) is -1.00. The summed E-state index contributed by atoms with van der Waals surface area (Å²) in [4.78, 5) is 0. The first-order valence-electron chi connectivity index (χ1n) is 22.4. The lowest BCUT2D eigenvalue weighted by atomic mass is 9.97. The molecule has 2 rings (SSSR count). The molecule has 13 heteroatoms. The number of hydrogen-bond donors (Lipinski definition) is 7. The van der Waals surface area contributed by atoms with E-state index in [2.05, 4.69) is 18.8 Å². The Morgan fingerprint density at radius 1 is 0.691 bits per heavy atom. The first kappa shape index (κ1) is 50.8. The molecule has 0 aromatic carbocycles. The second kappa shape index (κ2) is 29.0. The average molecular weight is 814 g/mol. The van der Waals surface area contributed by atoms with Gasteiger partial charge in [0.05, 0.1) is 39.5 Å². The first-order valence-corrected chi connectivity index (χ1v) is 25.6. The summed E-state index contributed by atoms with van der Waals surface area (Å²) in [5, 5.41) is 64.9. The Labute approximate surface area is 332 Å². The lowest BCUT2D eigenvalue weighted by Gasteiger charge is -2.40. The SMILES string of the molecule is CCCCCCCCCCCCCC[C@@H](O)[C@@H](O)[C@H](COC1OC(CO)C(O)C(O)C1O)N[C@@H](CCCCCCCCCC[Si]1(C)CCCCC1)C(F)(F)F. The zero-order valence-electron chi connectivity index (χ0n) is 34.5. The summed E-state index contributed by atoms with van der Waals surface area (Å²) < 4.78 is 54.1. The summed E-state index contributed by atoms with van der Waals surface area (Å²) in [6.07, 6.45) is 9.93. The van der Waals surface area contributed by atoms with E-state index in [1.807, 2.05) is 0 Å². The minimum Gasteiger partial charge on any atom is -0.394 e. The molecule has 2 aliphatic heterocycles. The molecular formula is C42H82F3NO8Si. The minimum atomic E-state index is -4.63. The molecular weight excluding hydrogens is 732 g/mol. The molecule has 9 atom stereocenters. The number of halogens is 3. The van der Waals surface area contributed by atoms with E-state index >= 15 is 0 Å². The monoisotopic (exact) mass is 814 g/mol. The highest BCUT2D eigenvalue weighted by Crippen LogP contribution is 2.33. The number of hydrogen-bond acceptors (Lipinski definition) is 9. The van der Waals surface area contributed by atoms with Crippen molar-refractivity contribution in [3.05, 3.63) is 0 Å². The lowest BCUT2D eigenvalue weighted by Crippen LogP contribution is -2.61. The predicted molar refractivity (Wildman–Crippen MR) is 216 cm³/mol. The van der Waals surface area contributed by atoms with Crippen LogP contribution < -0.4 is 5.32 Å². The molecule has 0 aliphatic carbocycles. The maximum atomic E-state index is 14.4. The van der Waals surface area contributed by atoms with Crippen LogP contribution >= 0.6 is 0 Å². The van der Waals surface area contributed by atoms with E-state index in [4.69, 9.17) is 9.47 Å². The molecule has 2 aliphatic rings. The van der Waals surface area contributed by atoms with Crippen LogP contribution in [0.3, 0.4) is 0 Å². The Bertz CT molecular complexity index is 932. The van der Waals surface area contributed by atoms with Crippen LogP contribution in [0.15, 0.2) is 0 Å². The molecule has 2 heterocycles. The number of alkyl halides is 3. The predicted octanol–water partition coefficient (Wildman–Crippen LogP) is 8.28. The van der Waals surface area contributed by atoms with Crippen LogP contribution in [-0.4, -0.2) is 113 Å². The highest BCUT2D eigenvalue weighted by molar-refractivity contribution is 6.78. The van der Waals surface area contributed by atoms with Gasteiger partial charge in [0.1, 0.15) is 30.5 Å². The Morgan fingerprint density at radius 2 is 1.18 bits per heavy atom. The second-order valence-electron chi connectivity index (χ2n) is 17.4. The maximum absolute atomic E-state index is 14.4. The highest BCUT2D eigenvalue weighted by Gasteiger charge is 2.46. The average Bonchev–Trinajstić information content (AvgIpc) is 3.15. The van der Waals surface area contributed by atoms with Gasteiger partial charge in [0, 0.05) is 0 Å². The molecule has 328 valence electrons. The van der Waals surface area contributed by atoms with Gasteiger partial charge in [-0.05, 0) is 12.8 Å². The molecule has 0 radical (unpaired) electrons. The van der Waals surface area contributed by atoms with E-state index in [1.165, 1.54) is 102 Å². The van der Waals surface area contributed by atoms with Gasteiger partial charge in [0.25, 0.3) is 0 Å². The van der Waals surface area contributed by atoms with Crippen molar-refractivity contribution in [1.82, 2.24) is 5.32 Å². The molecule has 0 saturated carbocycles. The number of ether oxygens (including phenoxy) is 2. The number of aliphatic hydroxyl groups is 6. The van der Waals surface area contributed by atoms with Gasteiger partial charge in [-0.2, -0.15) is 13.2 Å². The first-order chi connectivity index (χ1) is 26.3. The molecule has 0 bridgehead atoms. The topological polar surface area (TPSA) is 152 Å². The van der Waals surface area contributed by atoms with E-state index < -0.39 is 82.5 Å². The number of unbranched alkanes of at least 4 members (excludes halogenated alkanes) is 18. The van der Waals surface area contributed by atoms with Crippen LogP contribution in [-0.2, 0) is 9.47 Å². The zero-order chi connectivity index (χ0) is 40.5. The van der Waals surface area contributed by atoms with Gasteiger partial charge in [-0.15, -0.1) is 0 Å². The summed E-state index contributed by atoms with van der Waals surface area (Å²) in [6.45, 7) is 3.50. The van der Waals surface area contributed by atoms with E-state index in [1.54, 1.807) is 0 Å². The van der Waals surface area contributed by atoms with Gasteiger partial charge < -0.3 is 40.1 Å².